The van der Waals surface area contributed by atoms with Crippen LogP contribution in [0.25, 0.3) is 0 Å². The first-order chi connectivity index (χ1) is 19.1. The number of aromatic carboxylic acids is 1. The second kappa shape index (κ2) is 18.9. The molecular weight excluding hydrogens is 508 g/mol. The summed E-state index contributed by atoms with van der Waals surface area (Å²) in [7, 11) is 0. The lowest BCUT2D eigenvalue weighted by atomic mass is 10.3. The van der Waals surface area contributed by atoms with Gasteiger partial charge in [0.05, 0.1) is 40.7 Å². The zero-order valence-corrected chi connectivity index (χ0v) is 23.5. The normalized spacial score (nSPS) is 9.05. The first-order valence-electron chi connectivity index (χ1n) is 12.0. The van der Waals surface area contributed by atoms with E-state index >= 15 is 0 Å². The van der Waals surface area contributed by atoms with Gasteiger partial charge in [-0.15, -0.1) is 5.10 Å². The highest BCUT2D eigenvalue weighted by molar-refractivity contribution is 5.87. The maximum absolute atomic E-state index is 10.3. The van der Waals surface area contributed by atoms with Crippen molar-refractivity contribution in [1.82, 2.24) is 45.8 Å². The second-order valence-corrected chi connectivity index (χ2v) is 8.20. The number of hydrogen-bond donors (Lipinski definition) is 2. The first kappa shape index (κ1) is 32.8. The number of nitrogens with two attached hydrogens (primary N) is 1. The number of aromatic nitrogens is 9. The number of carboxylic acid groups (broad SMARTS) is 1. The minimum Gasteiger partial charge on any atom is -0.478 e. The van der Waals surface area contributed by atoms with Crippen molar-refractivity contribution in [3.05, 3.63) is 119 Å². The highest BCUT2D eigenvalue weighted by Crippen LogP contribution is 1.97. The molecule has 0 aromatic carbocycles. The Labute approximate surface area is 233 Å². The average molecular weight is 543 g/mol. The van der Waals surface area contributed by atoms with Crippen LogP contribution in [0.5, 0.6) is 0 Å². The van der Waals surface area contributed by atoms with Gasteiger partial charge in [-0.05, 0) is 95.6 Å². The number of nitrogens with zero attached hydrogens (tertiary/aromatic N) is 9. The zero-order chi connectivity index (χ0) is 29.8. The maximum atomic E-state index is 10.3. The lowest BCUT2D eigenvalue weighted by molar-refractivity contribution is 0.0696. The quantitative estimate of drug-likeness (QED) is 0.310. The lowest BCUT2D eigenvalue weighted by Gasteiger charge is -1.91. The highest BCUT2D eigenvalue weighted by Gasteiger charge is 2.01. The van der Waals surface area contributed by atoms with Gasteiger partial charge in [0.25, 0.3) is 0 Å². The van der Waals surface area contributed by atoms with Crippen LogP contribution in [0.3, 0.4) is 0 Å². The zero-order valence-electron chi connectivity index (χ0n) is 23.5. The molecule has 0 unspecified atom stereocenters. The molecule has 5 heterocycles. The number of rotatable bonds is 1. The van der Waals surface area contributed by atoms with Gasteiger partial charge in [0.1, 0.15) is 5.82 Å². The lowest BCUT2D eigenvalue weighted by Crippen LogP contribution is -1.98. The third kappa shape index (κ3) is 16.5. The third-order valence-electron chi connectivity index (χ3n) is 4.27. The molecule has 0 aliphatic heterocycles. The number of carbonyl (C=O) groups is 1. The molecule has 0 spiro atoms. The van der Waals surface area contributed by atoms with Crippen molar-refractivity contribution in [3.63, 3.8) is 0 Å². The van der Waals surface area contributed by atoms with Crippen molar-refractivity contribution in [2.75, 3.05) is 5.73 Å². The van der Waals surface area contributed by atoms with Crippen LogP contribution in [-0.2, 0) is 0 Å². The second-order valence-electron chi connectivity index (χ2n) is 8.20. The summed E-state index contributed by atoms with van der Waals surface area (Å²) in [6, 6.07) is 16.6. The Kier molecular flexibility index (Phi) is 15.5. The van der Waals surface area contributed by atoms with E-state index in [-0.39, 0.29) is 5.56 Å². The molecule has 0 saturated carbocycles. The molecular formula is C28H34N10O2. The van der Waals surface area contributed by atoms with Gasteiger partial charge in [-0.1, -0.05) is 6.07 Å². The molecule has 0 bridgehead atoms. The van der Waals surface area contributed by atoms with Crippen LogP contribution in [-0.4, -0.2) is 56.8 Å². The van der Waals surface area contributed by atoms with Gasteiger partial charge in [-0.25, -0.2) is 4.79 Å². The van der Waals surface area contributed by atoms with Gasteiger partial charge in [0, 0.05) is 18.1 Å². The fourth-order valence-corrected chi connectivity index (χ4v) is 2.43. The third-order valence-corrected chi connectivity index (χ3v) is 4.27. The first-order valence-corrected chi connectivity index (χ1v) is 12.0. The standard InChI is InChI=1S/C6H6N2O2.C6H8N2.C6H7N.C5H7N3.C5H6N2/c1-4-2-5(6(9)10)3-7-8-4;1-5-3-6(2)8-7-4-5;1-6-4-2-3-5-7-6;1-4-2-3-5(6)8-7-4;1-5-3-2-4-6-7-5/h2-3H,1H3,(H,9,10);3-4H,1-2H3;2-5H,1H3;2-3H,1H3,(H2,6,8);2-4H,1H3. The summed E-state index contributed by atoms with van der Waals surface area (Å²) in [6.07, 6.45) is 6.41. The topological polar surface area (TPSA) is 179 Å². The molecule has 12 heteroatoms. The van der Waals surface area contributed by atoms with E-state index in [0.717, 1.165) is 28.3 Å². The van der Waals surface area contributed by atoms with Crippen molar-refractivity contribution in [2.45, 2.75) is 41.5 Å². The summed E-state index contributed by atoms with van der Waals surface area (Å²) in [4.78, 5) is 14.3. The van der Waals surface area contributed by atoms with Crippen LogP contribution in [0, 0.1) is 41.5 Å². The van der Waals surface area contributed by atoms with Crippen LogP contribution in [0.2, 0.25) is 0 Å². The number of nitrogen functional groups attached to an aromatic ring is 1. The number of hydrogen-bond acceptors (Lipinski definition) is 11. The molecule has 0 saturated heterocycles. The predicted octanol–water partition coefficient (Wildman–Crippen LogP) is 4.12. The van der Waals surface area contributed by atoms with E-state index in [2.05, 4.69) is 45.8 Å². The van der Waals surface area contributed by atoms with Crippen molar-refractivity contribution in [2.24, 2.45) is 0 Å². The van der Waals surface area contributed by atoms with E-state index in [4.69, 9.17) is 10.8 Å². The molecule has 5 aromatic rings. The Morgan fingerprint density at radius 2 is 1.25 bits per heavy atom. The maximum Gasteiger partial charge on any atom is 0.337 e. The summed E-state index contributed by atoms with van der Waals surface area (Å²) in [5.41, 5.74) is 11.1. The molecule has 5 aromatic heterocycles. The van der Waals surface area contributed by atoms with Crippen LogP contribution in [0.15, 0.2) is 79.4 Å². The molecule has 0 atom stereocenters. The summed E-state index contributed by atoms with van der Waals surface area (Å²) >= 11 is 0. The number of carboxylic acids is 1. The largest absolute Gasteiger partial charge is 0.478 e. The summed E-state index contributed by atoms with van der Waals surface area (Å²) in [5, 5.41) is 37.7. The van der Waals surface area contributed by atoms with Crippen molar-refractivity contribution < 1.29 is 9.90 Å². The smallest absolute Gasteiger partial charge is 0.337 e. The van der Waals surface area contributed by atoms with E-state index in [9.17, 15) is 4.79 Å². The molecule has 40 heavy (non-hydrogen) atoms. The van der Waals surface area contributed by atoms with Gasteiger partial charge < -0.3 is 10.8 Å². The predicted molar refractivity (Wildman–Crippen MR) is 152 cm³/mol. The molecule has 0 amide bonds. The molecule has 3 N–H and O–H groups in total. The Bertz CT molecular complexity index is 1310. The van der Waals surface area contributed by atoms with Crippen LogP contribution >= 0.6 is 0 Å². The van der Waals surface area contributed by atoms with Crippen LogP contribution in [0.4, 0.5) is 5.82 Å². The minimum atomic E-state index is -0.974. The van der Waals surface area contributed by atoms with E-state index < -0.39 is 5.97 Å². The number of pyridine rings is 1. The minimum absolute atomic E-state index is 0.174. The average Bonchev–Trinajstić information content (AvgIpc) is 2.93. The van der Waals surface area contributed by atoms with E-state index in [1.165, 1.54) is 12.3 Å². The monoisotopic (exact) mass is 542 g/mol. The van der Waals surface area contributed by atoms with Crippen molar-refractivity contribution in [1.29, 1.82) is 0 Å². The Hall–Kier alpha value is -5.26. The fourth-order valence-electron chi connectivity index (χ4n) is 2.43. The van der Waals surface area contributed by atoms with E-state index in [0.29, 0.717) is 11.5 Å². The Balaban J connectivity index is 0.000000252. The fraction of sp³-hybridized carbons (Fsp3) is 0.214. The van der Waals surface area contributed by atoms with Crippen molar-refractivity contribution in [3.8, 4) is 0 Å². The molecule has 208 valence electrons. The Morgan fingerprint density at radius 1 is 0.625 bits per heavy atom. The van der Waals surface area contributed by atoms with Crippen LogP contribution < -0.4 is 5.73 Å². The van der Waals surface area contributed by atoms with E-state index in [1.54, 1.807) is 31.6 Å². The van der Waals surface area contributed by atoms with Gasteiger partial charge in [0.15, 0.2) is 0 Å². The summed E-state index contributed by atoms with van der Waals surface area (Å²) < 4.78 is 0. The molecule has 12 nitrogen and oxygen atoms in total. The molecule has 0 aliphatic rings. The molecule has 5 rings (SSSR count). The SMILES string of the molecule is Cc1cc(C(=O)O)cnn1.Cc1ccc(N)nn1.Cc1ccccn1.Cc1cccnn1.Cc1cnnc(C)c1. The van der Waals surface area contributed by atoms with E-state index in [1.807, 2.05) is 77.1 Å². The van der Waals surface area contributed by atoms with Gasteiger partial charge in [0.2, 0.25) is 0 Å². The molecule has 0 aliphatic carbocycles. The summed E-state index contributed by atoms with van der Waals surface area (Å²) in [5.74, 6) is -0.506. The van der Waals surface area contributed by atoms with Gasteiger partial charge in [-0.3, -0.25) is 4.98 Å². The van der Waals surface area contributed by atoms with Gasteiger partial charge >= 0.3 is 5.97 Å². The van der Waals surface area contributed by atoms with Crippen molar-refractivity contribution >= 4 is 11.8 Å². The summed E-state index contributed by atoms with van der Waals surface area (Å²) in [6.45, 7) is 11.4. The molecule has 0 radical (unpaired) electrons. The molecule has 0 fully saturated rings. The van der Waals surface area contributed by atoms with Gasteiger partial charge in [-0.2, -0.15) is 35.7 Å². The number of anilines is 1. The Morgan fingerprint density at radius 3 is 1.57 bits per heavy atom. The van der Waals surface area contributed by atoms with Crippen LogP contribution in [0.1, 0.15) is 44.4 Å². The number of aryl methyl sites for hydroxylation is 6. The highest BCUT2D eigenvalue weighted by atomic mass is 16.4.